The Hall–Kier alpha value is -2.43. The Morgan fingerprint density at radius 1 is 1.36 bits per heavy atom. The van der Waals surface area contributed by atoms with Crippen LogP contribution in [0, 0.1) is 11.3 Å². The number of aromatic amines is 1. The molecule has 0 unspecified atom stereocenters. The van der Waals surface area contributed by atoms with Gasteiger partial charge < -0.3 is 9.47 Å². The molecular weight excluding hydrogens is 318 g/mol. The summed E-state index contributed by atoms with van der Waals surface area (Å²) in [5, 5.41) is 16.4. The van der Waals surface area contributed by atoms with E-state index in [9.17, 15) is 0 Å². The van der Waals surface area contributed by atoms with Gasteiger partial charge in [-0.3, -0.25) is 10.00 Å². The molecule has 1 N–H and O–H groups in total. The van der Waals surface area contributed by atoms with E-state index in [0.29, 0.717) is 24.5 Å². The number of para-hydroxylation sites is 1. The highest BCUT2D eigenvalue weighted by Crippen LogP contribution is 2.28. The molecule has 1 aromatic carbocycles. The Kier molecular flexibility index (Phi) is 5.99. The molecule has 0 bridgehead atoms. The zero-order chi connectivity index (χ0) is 17.5. The van der Waals surface area contributed by atoms with E-state index in [0.717, 1.165) is 31.2 Å². The van der Waals surface area contributed by atoms with Crippen molar-refractivity contribution in [3.8, 4) is 11.8 Å². The van der Waals surface area contributed by atoms with Crippen LogP contribution in [0.1, 0.15) is 42.5 Å². The summed E-state index contributed by atoms with van der Waals surface area (Å²) in [5.41, 5.74) is 0.566. The number of aromatic nitrogens is 3. The molecule has 1 aromatic heterocycles. The van der Waals surface area contributed by atoms with Gasteiger partial charge >= 0.3 is 0 Å². The minimum atomic E-state index is 0.199. The van der Waals surface area contributed by atoms with Gasteiger partial charge in [0.15, 0.2) is 11.6 Å². The highest BCUT2D eigenvalue weighted by atomic mass is 16.5. The molecule has 1 atom stereocenters. The van der Waals surface area contributed by atoms with Gasteiger partial charge in [-0.1, -0.05) is 18.6 Å². The highest BCUT2D eigenvalue weighted by Gasteiger charge is 2.27. The third-order valence-electron chi connectivity index (χ3n) is 4.39. The number of hydrogen-bond acceptors (Lipinski definition) is 6. The molecule has 0 amide bonds. The van der Waals surface area contributed by atoms with Crippen molar-refractivity contribution in [3.63, 3.8) is 0 Å². The van der Waals surface area contributed by atoms with Crippen LogP contribution < -0.4 is 4.74 Å². The molecule has 7 nitrogen and oxygen atoms in total. The van der Waals surface area contributed by atoms with E-state index in [1.54, 1.807) is 13.2 Å². The third kappa shape index (κ3) is 4.35. The second-order valence-corrected chi connectivity index (χ2v) is 6.08. The van der Waals surface area contributed by atoms with Crippen molar-refractivity contribution in [2.75, 3.05) is 26.8 Å². The van der Waals surface area contributed by atoms with Crippen molar-refractivity contribution >= 4 is 0 Å². The highest BCUT2D eigenvalue weighted by molar-refractivity contribution is 5.42. The lowest BCUT2D eigenvalue weighted by atomic mass is 10.0. The van der Waals surface area contributed by atoms with E-state index in [2.05, 4.69) is 26.2 Å². The third-order valence-corrected chi connectivity index (χ3v) is 4.39. The first kappa shape index (κ1) is 17.4. The summed E-state index contributed by atoms with van der Waals surface area (Å²) in [6.07, 6.45) is 3.38. The number of benzene rings is 1. The number of hydrogen-bond donors (Lipinski definition) is 1. The van der Waals surface area contributed by atoms with Crippen molar-refractivity contribution in [1.82, 2.24) is 20.1 Å². The molecule has 132 valence electrons. The van der Waals surface area contributed by atoms with Crippen LogP contribution in [-0.4, -0.2) is 46.9 Å². The largest absolute Gasteiger partial charge is 0.491 e. The van der Waals surface area contributed by atoms with Gasteiger partial charge in [0.2, 0.25) is 0 Å². The molecule has 25 heavy (non-hydrogen) atoms. The number of H-pyrrole nitrogens is 1. The van der Waals surface area contributed by atoms with Gasteiger partial charge in [0.1, 0.15) is 25.0 Å². The molecule has 1 saturated heterocycles. The number of nitriles is 1. The molecule has 1 aliphatic heterocycles. The molecule has 3 rings (SSSR count). The molecule has 1 aliphatic rings. The van der Waals surface area contributed by atoms with Crippen LogP contribution in [0.25, 0.3) is 0 Å². The van der Waals surface area contributed by atoms with Crippen LogP contribution in [-0.2, 0) is 11.3 Å². The summed E-state index contributed by atoms with van der Waals surface area (Å²) in [7, 11) is 1.64. The topological polar surface area (TPSA) is 87.1 Å². The predicted molar refractivity (Wildman–Crippen MR) is 91.9 cm³/mol. The number of rotatable bonds is 7. The first-order valence-electron chi connectivity index (χ1n) is 8.58. The Morgan fingerprint density at radius 3 is 3.08 bits per heavy atom. The van der Waals surface area contributed by atoms with Crippen molar-refractivity contribution in [2.24, 2.45) is 0 Å². The Balaban J connectivity index is 1.60. The zero-order valence-electron chi connectivity index (χ0n) is 14.4. The number of methoxy groups -OCH3 is 1. The Labute approximate surface area is 147 Å². The van der Waals surface area contributed by atoms with E-state index in [4.69, 9.17) is 14.7 Å². The quantitative estimate of drug-likeness (QED) is 0.832. The summed E-state index contributed by atoms with van der Waals surface area (Å²) in [6.45, 7) is 2.75. The maximum Gasteiger partial charge on any atom is 0.167 e. The van der Waals surface area contributed by atoms with E-state index in [1.165, 1.54) is 12.8 Å². The van der Waals surface area contributed by atoms with Gasteiger partial charge in [-0.05, 0) is 31.5 Å². The van der Waals surface area contributed by atoms with Crippen molar-refractivity contribution in [1.29, 1.82) is 5.26 Å². The fourth-order valence-electron chi connectivity index (χ4n) is 3.17. The summed E-state index contributed by atoms with van der Waals surface area (Å²) < 4.78 is 10.9. The van der Waals surface area contributed by atoms with Crippen LogP contribution in [0.4, 0.5) is 0 Å². The Bertz CT molecular complexity index is 724. The summed E-state index contributed by atoms with van der Waals surface area (Å²) >= 11 is 0. The summed E-state index contributed by atoms with van der Waals surface area (Å²) in [4.78, 5) is 6.91. The van der Waals surface area contributed by atoms with Crippen LogP contribution in [0.15, 0.2) is 24.3 Å². The standard InChI is InChI=1S/C18H23N5O2/c1-24-13-17-20-18(22-21-17)15-7-4-5-9-23(15)10-11-25-16-8-3-2-6-14(16)12-19/h2-3,6,8,15H,4-5,7,9-11,13H2,1H3,(H,20,21,22)/t15-/m0/s1. The first-order chi connectivity index (χ1) is 12.3. The molecule has 0 aliphatic carbocycles. The molecule has 7 heteroatoms. The predicted octanol–water partition coefficient (Wildman–Crippen LogP) is 2.43. The lowest BCUT2D eigenvalue weighted by Gasteiger charge is -2.33. The van der Waals surface area contributed by atoms with Crippen LogP contribution in [0.3, 0.4) is 0 Å². The van der Waals surface area contributed by atoms with Gasteiger partial charge in [0, 0.05) is 13.7 Å². The minimum Gasteiger partial charge on any atom is -0.491 e. The van der Waals surface area contributed by atoms with Gasteiger partial charge in [-0.2, -0.15) is 10.4 Å². The van der Waals surface area contributed by atoms with Crippen molar-refractivity contribution < 1.29 is 9.47 Å². The van der Waals surface area contributed by atoms with E-state index in [1.807, 2.05) is 18.2 Å². The van der Waals surface area contributed by atoms with Gasteiger partial charge in [-0.15, -0.1) is 0 Å². The zero-order valence-corrected chi connectivity index (χ0v) is 14.4. The van der Waals surface area contributed by atoms with E-state index < -0.39 is 0 Å². The first-order valence-corrected chi connectivity index (χ1v) is 8.58. The lowest BCUT2D eigenvalue weighted by Crippen LogP contribution is -2.37. The second-order valence-electron chi connectivity index (χ2n) is 6.08. The SMILES string of the molecule is COCc1nc([C@@H]2CCCCN2CCOc2ccccc2C#N)n[nH]1. The number of ether oxygens (including phenoxy) is 2. The molecule has 0 spiro atoms. The monoisotopic (exact) mass is 341 g/mol. The maximum absolute atomic E-state index is 9.13. The summed E-state index contributed by atoms with van der Waals surface area (Å²) in [5.74, 6) is 2.21. The molecule has 2 heterocycles. The second kappa shape index (κ2) is 8.60. The normalized spacial score (nSPS) is 18.0. The minimum absolute atomic E-state index is 0.199. The van der Waals surface area contributed by atoms with Gasteiger partial charge in [0.25, 0.3) is 0 Å². The van der Waals surface area contributed by atoms with Crippen LogP contribution in [0.5, 0.6) is 5.75 Å². The van der Waals surface area contributed by atoms with E-state index in [-0.39, 0.29) is 6.04 Å². The number of nitrogens with one attached hydrogen (secondary N) is 1. The van der Waals surface area contributed by atoms with Crippen LogP contribution >= 0.6 is 0 Å². The number of nitrogens with zero attached hydrogens (tertiary/aromatic N) is 4. The number of likely N-dealkylation sites (tertiary alicyclic amines) is 1. The average Bonchev–Trinajstić information content (AvgIpc) is 3.11. The molecular formula is C18H23N5O2. The smallest absolute Gasteiger partial charge is 0.167 e. The number of piperidine rings is 1. The van der Waals surface area contributed by atoms with Crippen molar-refractivity contribution in [2.45, 2.75) is 31.9 Å². The molecule has 2 aromatic rings. The van der Waals surface area contributed by atoms with Gasteiger partial charge in [-0.25, -0.2) is 4.98 Å². The molecule has 1 fully saturated rings. The molecule has 0 saturated carbocycles. The maximum atomic E-state index is 9.13. The average molecular weight is 341 g/mol. The fraction of sp³-hybridized carbons (Fsp3) is 0.500. The van der Waals surface area contributed by atoms with Crippen molar-refractivity contribution in [3.05, 3.63) is 41.5 Å². The fourth-order valence-corrected chi connectivity index (χ4v) is 3.17. The molecule has 0 radical (unpaired) electrons. The van der Waals surface area contributed by atoms with E-state index >= 15 is 0 Å². The lowest BCUT2D eigenvalue weighted by molar-refractivity contribution is 0.118. The summed E-state index contributed by atoms with van der Waals surface area (Å²) in [6, 6.07) is 9.68. The Morgan fingerprint density at radius 2 is 2.24 bits per heavy atom. The van der Waals surface area contributed by atoms with Gasteiger partial charge in [0.05, 0.1) is 11.6 Å². The van der Waals surface area contributed by atoms with Crippen LogP contribution in [0.2, 0.25) is 0 Å².